The number of carbonyl (C=O) groups excluding carboxylic acids is 1. The second-order valence-electron chi connectivity index (χ2n) is 4.14. The molecule has 0 spiro atoms. The van der Waals surface area contributed by atoms with Crippen LogP contribution >= 0.6 is 11.6 Å². The molecule has 2 heterocycles. The molecule has 0 aromatic carbocycles. The molecule has 1 aromatic rings. The predicted molar refractivity (Wildman–Crippen MR) is 65.3 cm³/mol. The molecule has 0 N–H and O–H groups in total. The van der Waals surface area contributed by atoms with Crippen LogP contribution < -0.4 is 0 Å². The lowest BCUT2D eigenvalue weighted by Gasteiger charge is -2.33. The van der Waals surface area contributed by atoms with Gasteiger partial charge >= 0.3 is 5.97 Å². The number of morpholine rings is 1. The molecule has 1 aliphatic heterocycles. The van der Waals surface area contributed by atoms with Gasteiger partial charge in [0.25, 0.3) is 0 Å². The van der Waals surface area contributed by atoms with Crippen molar-refractivity contribution < 1.29 is 14.3 Å². The molecule has 18 heavy (non-hydrogen) atoms. The summed E-state index contributed by atoms with van der Waals surface area (Å²) in [5.74, 6) is 0.533. The number of esters is 1. The van der Waals surface area contributed by atoms with E-state index < -0.39 is 0 Å². The highest BCUT2D eigenvalue weighted by atomic mass is 35.5. The van der Waals surface area contributed by atoms with Crippen LogP contribution in [0.2, 0.25) is 5.15 Å². The highest BCUT2D eigenvalue weighted by Crippen LogP contribution is 2.15. The number of hydrogen-bond acceptors (Lipinski definition) is 5. The number of imidazole rings is 1. The number of nitrogens with zero attached hydrogens (tertiary/aromatic N) is 3. The molecule has 0 bridgehead atoms. The summed E-state index contributed by atoms with van der Waals surface area (Å²) < 4.78 is 11.9. The maximum atomic E-state index is 11.7. The van der Waals surface area contributed by atoms with Crippen LogP contribution in [0.1, 0.15) is 5.82 Å². The van der Waals surface area contributed by atoms with Crippen LogP contribution in [-0.2, 0) is 27.9 Å². The summed E-state index contributed by atoms with van der Waals surface area (Å²) in [6.07, 6.45) is 1.60. The van der Waals surface area contributed by atoms with Gasteiger partial charge in [0.2, 0.25) is 0 Å². The maximum absolute atomic E-state index is 11.7. The fraction of sp³-hybridized carbons (Fsp3) is 0.636. The van der Waals surface area contributed by atoms with Crippen molar-refractivity contribution in [2.24, 2.45) is 7.05 Å². The van der Waals surface area contributed by atoms with Crippen molar-refractivity contribution in [2.45, 2.75) is 12.6 Å². The summed E-state index contributed by atoms with van der Waals surface area (Å²) in [6.45, 7) is 2.17. The van der Waals surface area contributed by atoms with E-state index in [9.17, 15) is 4.79 Å². The Kier molecular flexibility index (Phi) is 4.21. The topological polar surface area (TPSA) is 56.6 Å². The Morgan fingerprint density at radius 1 is 1.72 bits per heavy atom. The quantitative estimate of drug-likeness (QED) is 0.749. The first kappa shape index (κ1) is 13.3. The lowest BCUT2D eigenvalue weighted by molar-refractivity contribution is -0.153. The number of methoxy groups -OCH3 is 1. The Hall–Kier alpha value is -1.11. The average molecular weight is 274 g/mol. The molecule has 1 aromatic heterocycles. The fourth-order valence-electron chi connectivity index (χ4n) is 1.93. The van der Waals surface area contributed by atoms with E-state index in [0.717, 1.165) is 5.82 Å². The van der Waals surface area contributed by atoms with Gasteiger partial charge in [-0.25, -0.2) is 4.98 Å². The van der Waals surface area contributed by atoms with Crippen LogP contribution in [0.3, 0.4) is 0 Å². The molecule has 1 saturated heterocycles. The maximum Gasteiger partial charge on any atom is 0.325 e. The molecule has 0 saturated carbocycles. The fourth-order valence-corrected chi connectivity index (χ4v) is 2.08. The zero-order valence-electron chi connectivity index (χ0n) is 10.4. The minimum Gasteiger partial charge on any atom is -0.468 e. The summed E-state index contributed by atoms with van der Waals surface area (Å²) in [5, 5.41) is 0.577. The minimum atomic E-state index is -0.376. The highest BCUT2D eigenvalue weighted by Gasteiger charge is 2.31. The molecule has 100 valence electrons. The number of hydrogen-bond donors (Lipinski definition) is 0. The minimum absolute atomic E-state index is 0.282. The van der Waals surface area contributed by atoms with Crippen LogP contribution in [0.15, 0.2) is 6.20 Å². The molecule has 1 unspecified atom stereocenters. The van der Waals surface area contributed by atoms with Gasteiger partial charge in [-0.1, -0.05) is 11.6 Å². The van der Waals surface area contributed by atoms with Gasteiger partial charge in [0.1, 0.15) is 17.0 Å². The van der Waals surface area contributed by atoms with Crippen molar-refractivity contribution in [1.82, 2.24) is 14.5 Å². The molecule has 1 aliphatic rings. The van der Waals surface area contributed by atoms with E-state index in [2.05, 4.69) is 4.98 Å². The standard InChI is InChI=1S/C11H16ClN3O3/c1-14-9(12)5-13-10(14)6-15-3-4-18-7-8(15)11(16)17-2/h5,8H,3-4,6-7H2,1-2H3. The normalized spacial score (nSPS) is 20.9. The number of aromatic nitrogens is 2. The monoisotopic (exact) mass is 273 g/mol. The molecular weight excluding hydrogens is 258 g/mol. The van der Waals surface area contributed by atoms with Crippen LogP contribution in [-0.4, -0.2) is 53.3 Å². The third kappa shape index (κ3) is 2.66. The Morgan fingerprint density at radius 2 is 2.50 bits per heavy atom. The van der Waals surface area contributed by atoms with E-state index in [4.69, 9.17) is 21.1 Å². The zero-order chi connectivity index (χ0) is 13.1. The van der Waals surface area contributed by atoms with Gasteiger partial charge in [-0.2, -0.15) is 0 Å². The van der Waals surface area contributed by atoms with E-state index in [0.29, 0.717) is 31.5 Å². The number of ether oxygens (including phenoxy) is 2. The van der Waals surface area contributed by atoms with Gasteiger partial charge in [0, 0.05) is 13.6 Å². The second kappa shape index (κ2) is 5.69. The van der Waals surface area contributed by atoms with Gasteiger partial charge in [-0.3, -0.25) is 9.69 Å². The van der Waals surface area contributed by atoms with Gasteiger partial charge in [0.15, 0.2) is 0 Å². The Bertz CT molecular complexity index is 435. The van der Waals surface area contributed by atoms with Gasteiger partial charge in [-0.05, 0) is 0 Å². The van der Waals surface area contributed by atoms with Crippen molar-refractivity contribution in [2.75, 3.05) is 26.9 Å². The van der Waals surface area contributed by atoms with Gasteiger partial charge in [-0.15, -0.1) is 0 Å². The highest BCUT2D eigenvalue weighted by molar-refractivity contribution is 6.29. The van der Waals surface area contributed by atoms with Crippen LogP contribution in [0.4, 0.5) is 0 Å². The lowest BCUT2D eigenvalue weighted by atomic mass is 10.2. The Labute approximate surface area is 110 Å². The average Bonchev–Trinajstić information content (AvgIpc) is 2.70. The summed E-state index contributed by atoms with van der Waals surface area (Å²) in [4.78, 5) is 17.9. The smallest absolute Gasteiger partial charge is 0.325 e. The molecule has 7 heteroatoms. The first-order valence-corrected chi connectivity index (χ1v) is 6.07. The third-order valence-corrected chi connectivity index (χ3v) is 3.44. The first-order valence-electron chi connectivity index (χ1n) is 5.69. The molecule has 6 nitrogen and oxygen atoms in total. The number of carbonyl (C=O) groups is 1. The van der Waals surface area contributed by atoms with E-state index in [1.165, 1.54) is 7.11 Å². The van der Waals surface area contributed by atoms with Crippen molar-refractivity contribution in [3.05, 3.63) is 17.2 Å². The lowest BCUT2D eigenvalue weighted by Crippen LogP contribution is -2.50. The molecule has 0 aliphatic carbocycles. The second-order valence-corrected chi connectivity index (χ2v) is 4.53. The van der Waals surface area contributed by atoms with Gasteiger partial charge < -0.3 is 14.0 Å². The van der Waals surface area contributed by atoms with Crippen molar-refractivity contribution in [3.8, 4) is 0 Å². The molecule has 0 radical (unpaired) electrons. The Morgan fingerprint density at radius 3 is 3.11 bits per heavy atom. The Balaban J connectivity index is 2.10. The summed E-state index contributed by atoms with van der Waals surface area (Å²) in [5.41, 5.74) is 0. The zero-order valence-corrected chi connectivity index (χ0v) is 11.2. The van der Waals surface area contributed by atoms with E-state index in [1.807, 2.05) is 11.9 Å². The summed E-state index contributed by atoms with van der Waals surface area (Å²) in [6, 6.07) is -0.376. The van der Waals surface area contributed by atoms with E-state index in [-0.39, 0.29) is 12.0 Å². The summed E-state index contributed by atoms with van der Waals surface area (Å²) in [7, 11) is 3.23. The van der Waals surface area contributed by atoms with Crippen LogP contribution in [0, 0.1) is 0 Å². The number of rotatable bonds is 3. The third-order valence-electron chi connectivity index (χ3n) is 3.08. The van der Waals surface area contributed by atoms with Crippen LogP contribution in [0.5, 0.6) is 0 Å². The molecule has 1 fully saturated rings. The summed E-state index contributed by atoms with van der Waals surface area (Å²) >= 11 is 5.94. The SMILES string of the molecule is COC(=O)C1COCCN1Cc1ncc(Cl)n1C. The molecule has 1 atom stereocenters. The molecule has 0 amide bonds. The molecular formula is C11H16ClN3O3. The largest absolute Gasteiger partial charge is 0.468 e. The first-order chi connectivity index (χ1) is 8.63. The van der Waals surface area contributed by atoms with Crippen LogP contribution in [0.25, 0.3) is 0 Å². The molecule has 2 rings (SSSR count). The van der Waals surface area contributed by atoms with E-state index in [1.54, 1.807) is 10.8 Å². The number of halogens is 1. The van der Waals surface area contributed by atoms with Crippen molar-refractivity contribution in [3.63, 3.8) is 0 Å². The van der Waals surface area contributed by atoms with Gasteiger partial charge in [0.05, 0.1) is 33.1 Å². The predicted octanol–water partition coefficient (Wildman–Crippen LogP) is 0.447. The van der Waals surface area contributed by atoms with E-state index >= 15 is 0 Å². The van der Waals surface area contributed by atoms with Crippen molar-refractivity contribution >= 4 is 17.6 Å². The van der Waals surface area contributed by atoms with Crippen molar-refractivity contribution in [1.29, 1.82) is 0 Å².